The molecule has 0 spiro atoms. The predicted molar refractivity (Wildman–Crippen MR) is 294 cm³/mol. The first-order valence-electron chi connectivity index (χ1n) is 24.8. The maximum atomic E-state index is 6.58. The highest BCUT2D eigenvalue weighted by Crippen LogP contribution is 2.51. The van der Waals surface area contributed by atoms with Crippen LogP contribution in [-0.2, 0) is 11.8 Å². The van der Waals surface area contributed by atoms with E-state index in [0.717, 1.165) is 36.3 Å². The average molecular weight is 898 g/mol. The van der Waals surface area contributed by atoms with Crippen molar-refractivity contribution in [1.29, 1.82) is 0 Å². The van der Waals surface area contributed by atoms with E-state index in [0.29, 0.717) is 5.92 Å². The normalized spacial score (nSPS) is 14.5. The van der Waals surface area contributed by atoms with E-state index in [1.807, 2.05) is 0 Å². The average Bonchev–Trinajstić information content (AvgIpc) is 3.80. The van der Waals surface area contributed by atoms with Crippen molar-refractivity contribution in [2.75, 3.05) is 4.90 Å². The summed E-state index contributed by atoms with van der Waals surface area (Å²) in [6.45, 7) is 16.0. The first-order valence-corrected chi connectivity index (χ1v) is 24.8. The van der Waals surface area contributed by atoms with E-state index in [-0.39, 0.29) is 16.4 Å². The van der Waals surface area contributed by atoms with Gasteiger partial charge in [-0.1, -0.05) is 168 Å². The molecule has 9 aromatic rings. The third kappa shape index (κ3) is 8.23. The molecule has 1 aromatic heterocycles. The largest absolute Gasteiger partial charge is 0.326 e. The van der Waals surface area contributed by atoms with Gasteiger partial charge in [-0.05, 0) is 172 Å². The molecule has 2 N–H and O–H groups in total. The van der Waals surface area contributed by atoms with Gasteiger partial charge in [0.05, 0.1) is 5.52 Å². The second-order valence-electron chi connectivity index (χ2n) is 21.9. The van der Waals surface area contributed by atoms with E-state index in [2.05, 4.69) is 258 Å². The molecule has 0 saturated heterocycles. The summed E-state index contributed by atoms with van der Waals surface area (Å²) < 4.78 is 2.49. The third-order valence-corrected chi connectivity index (χ3v) is 15.0. The van der Waals surface area contributed by atoms with Crippen molar-refractivity contribution in [2.45, 2.75) is 84.6 Å². The Bertz CT molecular complexity index is 3360. The zero-order valence-corrected chi connectivity index (χ0v) is 41.2. The van der Waals surface area contributed by atoms with E-state index in [1.165, 1.54) is 89.1 Å². The van der Waals surface area contributed by atoms with Crippen LogP contribution in [0.15, 0.2) is 194 Å². The van der Waals surface area contributed by atoms with Crippen LogP contribution >= 0.6 is 0 Å². The standard InChI is InChI=1S/C66H63N3/c1-64(2,3)61(43-65(4,5)67)48-28-26-47(27-29-48)50-33-39-63-58(41-50)57-40-49(32-38-62(57)69(63)52-18-12-9-13-19-52)46-24-22-44(23-25-46)45-30-34-53(35-31-45)68(51-16-10-8-11-17-51)54-36-37-56-55-20-14-15-21-59(55)66(6,7)60(56)42-54/h8-31,33-37,39-42,61H,32,38,43,67H2,1-7H3. The lowest BCUT2D eigenvalue weighted by Crippen LogP contribution is -2.37. The van der Waals surface area contributed by atoms with Crippen molar-refractivity contribution in [1.82, 2.24) is 4.57 Å². The summed E-state index contributed by atoms with van der Waals surface area (Å²) >= 11 is 0. The van der Waals surface area contributed by atoms with Crippen LogP contribution < -0.4 is 10.6 Å². The number of allylic oxidation sites excluding steroid dienone is 1. The maximum absolute atomic E-state index is 6.58. The fourth-order valence-electron chi connectivity index (χ4n) is 11.4. The van der Waals surface area contributed by atoms with E-state index in [9.17, 15) is 0 Å². The molecule has 342 valence electrons. The molecule has 0 fully saturated rings. The molecule has 3 heteroatoms. The quantitative estimate of drug-likeness (QED) is 0.148. The summed E-state index contributed by atoms with van der Waals surface area (Å²) in [5.41, 5.74) is 29.3. The Kier molecular flexibility index (Phi) is 11.0. The van der Waals surface area contributed by atoms with Gasteiger partial charge in [0.1, 0.15) is 0 Å². The molecule has 69 heavy (non-hydrogen) atoms. The number of hydrogen-bond acceptors (Lipinski definition) is 2. The van der Waals surface area contributed by atoms with Gasteiger partial charge in [0.15, 0.2) is 0 Å². The van der Waals surface area contributed by atoms with Crippen LogP contribution in [0.3, 0.4) is 0 Å². The first-order chi connectivity index (χ1) is 33.2. The lowest BCUT2D eigenvalue weighted by atomic mass is 9.71. The van der Waals surface area contributed by atoms with Gasteiger partial charge < -0.3 is 15.2 Å². The summed E-state index contributed by atoms with van der Waals surface area (Å²) in [5, 5.41) is 1.29. The molecule has 0 bridgehead atoms. The molecule has 11 rings (SSSR count). The van der Waals surface area contributed by atoms with Gasteiger partial charge >= 0.3 is 0 Å². The molecule has 0 amide bonds. The Morgan fingerprint density at radius 2 is 1.09 bits per heavy atom. The van der Waals surface area contributed by atoms with Crippen LogP contribution in [-0.4, -0.2) is 10.1 Å². The molecule has 0 saturated carbocycles. The topological polar surface area (TPSA) is 34.2 Å². The molecule has 8 aromatic carbocycles. The molecule has 1 heterocycles. The zero-order chi connectivity index (χ0) is 47.7. The lowest BCUT2D eigenvalue weighted by molar-refractivity contribution is 0.263. The van der Waals surface area contributed by atoms with Gasteiger partial charge in [-0.2, -0.15) is 0 Å². The SMILES string of the molecule is CC(C)(N)CC(c1ccc(-c2ccc3c(c2)c2c(n3-c3ccccc3)CCC(c3ccc(-c4ccc(N(c5ccccc5)c5ccc6c(c5)C(C)(C)c5ccccc5-6)cc4)cc3)=C2)cc1)C(C)(C)C. The van der Waals surface area contributed by atoms with Crippen molar-refractivity contribution in [3.63, 3.8) is 0 Å². The highest BCUT2D eigenvalue weighted by molar-refractivity contribution is 6.01. The van der Waals surface area contributed by atoms with Crippen molar-refractivity contribution < 1.29 is 0 Å². The van der Waals surface area contributed by atoms with Crippen molar-refractivity contribution in [3.05, 3.63) is 228 Å². The molecule has 3 nitrogen and oxygen atoms in total. The summed E-state index contributed by atoms with van der Waals surface area (Å²) in [6.07, 6.45) is 5.35. The van der Waals surface area contributed by atoms with Crippen LogP contribution in [0.25, 0.3) is 61.6 Å². The molecular weight excluding hydrogens is 835 g/mol. The van der Waals surface area contributed by atoms with Crippen LogP contribution in [0.5, 0.6) is 0 Å². The Hall–Kier alpha value is -7.20. The third-order valence-electron chi connectivity index (χ3n) is 15.0. The fourth-order valence-corrected chi connectivity index (χ4v) is 11.4. The molecule has 1 atom stereocenters. The smallest absolute Gasteiger partial charge is 0.0538 e. The molecule has 1 unspecified atom stereocenters. The minimum atomic E-state index is -0.240. The Morgan fingerprint density at radius 3 is 1.77 bits per heavy atom. The van der Waals surface area contributed by atoms with Crippen LogP contribution in [0.1, 0.15) is 101 Å². The van der Waals surface area contributed by atoms with Crippen LogP contribution in [0.2, 0.25) is 0 Å². The second-order valence-corrected chi connectivity index (χ2v) is 21.9. The number of nitrogens with zero attached hydrogens (tertiary/aromatic N) is 2. The number of anilines is 3. The summed E-state index contributed by atoms with van der Waals surface area (Å²) in [7, 11) is 0. The molecule has 0 aliphatic heterocycles. The summed E-state index contributed by atoms with van der Waals surface area (Å²) in [5.74, 6) is 0.365. The predicted octanol–water partition coefficient (Wildman–Crippen LogP) is 17.5. The Labute approximate surface area is 409 Å². The monoisotopic (exact) mass is 898 g/mol. The van der Waals surface area contributed by atoms with Gasteiger partial charge in [0.2, 0.25) is 0 Å². The Morgan fingerprint density at radius 1 is 0.536 bits per heavy atom. The molecular formula is C66H63N3. The van der Waals surface area contributed by atoms with E-state index in [1.54, 1.807) is 0 Å². The number of benzene rings is 8. The maximum Gasteiger partial charge on any atom is 0.0538 e. The molecule has 2 aliphatic rings. The Balaban J connectivity index is 0.899. The minimum Gasteiger partial charge on any atom is -0.326 e. The van der Waals surface area contributed by atoms with Gasteiger partial charge in [-0.15, -0.1) is 0 Å². The van der Waals surface area contributed by atoms with Crippen LogP contribution in [0.4, 0.5) is 17.1 Å². The minimum absolute atomic E-state index is 0.0753. The number of rotatable bonds is 10. The summed E-state index contributed by atoms with van der Waals surface area (Å²) in [6, 6.07) is 72.1. The first kappa shape index (κ1) is 44.3. The number of fused-ring (bicyclic) bond motifs is 6. The highest BCUT2D eigenvalue weighted by atomic mass is 15.1. The number of aromatic nitrogens is 1. The fraction of sp³-hybridized carbons (Fsp3) is 0.212. The molecule has 2 aliphatic carbocycles. The highest BCUT2D eigenvalue weighted by Gasteiger charge is 2.36. The van der Waals surface area contributed by atoms with Crippen molar-refractivity contribution in [2.24, 2.45) is 11.1 Å². The van der Waals surface area contributed by atoms with Crippen LogP contribution in [0, 0.1) is 5.41 Å². The summed E-state index contributed by atoms with van der Waals surface area (Å²) in [4.78, 5) is 2.39. The lowest BCUT2D eigenvalue weighted by Gasteiger charge is -2.36. The molecule has 0 radical (unpaired) electrons. The van der Waals surface area contributed by atoms with Gasteiger partial charge in [-0.25, -0.2) is 0 Å². The second kappa shape index (κ2) is 17.1. The van der Waals surface area contributed by atoms with Crippen molar-refractivity contribution in [3.8, 4) is 39.1 Å². The number of hydrogen-bond donors (Lipinski definition) is 1. The van der Waals surface area contributed by atoms with Gasteiger partial charge in [-0.3, -0.25) is 0 Å². The van der Waals surface area contributed by atoms with E-state index < -0.39 is 0 Å². The number of nitrogens with two attached hydrogens (primary N) is 1. The number of para-hydroxylation sites is 2. The van der Waals surface area contributed by atoms with Gasteiger partial charge in [0, 0.05) is 50.3 Å². The zero-order valence-electron chi connectivity index (χ0n) is 41.2. The van der Waals surface area contributed by atoms with E-state index >= 15 is 0 Å². The van der Waals surface area contributed by atoms with Gasteiger partial charge in [0.25, 0.3) is 0 Å². The van der Waals surface area contributed by atoms with Crippen molar-refractivity contribution >= 4 is 39.6 Å². The van der Waals surface area contributed by atoms with E-state index in [4.69, 9.17) is 5.73 Å².